The summed E-state index contributed by atoms with van der Waals surface area (Å²) in [5, 5.41) is 0.0694. The number of nitrogen functional groups attached to an aromatic ring is 1. The van der Waals surface area contributed by atoms with E-state index in [1.54, 1.807) is 0 Å². The molecule has 100 valence electrons. The van der Waals surface area contributed by atoms with Crippen LogP contribution in [0.3, 0.4) is 0 Å². The first-order valence-corrected chi connectivity index (χ1v) is 6.81. The van der Waals surface area contributed by atoms with Crippen molar-refractivity contribution in [3.8, 4) is 0 Å². The first kappa shape index (κ1) is 13.5. The zero-order valence-electron chi connectivity index (χ0n) is 9.34. The van der Waals surface area contributed by atoms with Crippen LogP contribution >= 0.6 is 11.6 Å². The molecule has 19 heavy (non-hydrogen) atoms. The summed E-state index contributed by atoms with van der Waals surface area (Å²) in [7, 11) is -4.08. The van der Waals surface area contributed by atoms with Crippen LogP contribution in [0.4, 0.5) is 16.0 Å². The van der Waals surface area contributed by atoms with E-state index in [-0.39, 0.29) is 11.1 Å². The average Bonchev–Trinajstić information content (AvgIpc) is 2.32. The molecular weight excluding hydrogens is 295 g/mol. The van der Waals surface area contributed by atoms with Gasteiger partial charge in [0.15, 0.2) is 0 Å². The van der Waals surface area contributed by atoms with E-state index < -0.39 is 26.4 Å². The molecule has 0 aliphatic rings. The van der Waals surface area contributed by atoms with Gasteiger partial charge in [-0.3, -0.25) is 0 Å². The topological polar surface area (TPSA) is 98.0 Å². The first-order valence-electron chi connectivity index (χ1n) is 4.95. The van der Waals surface area contributed by atoms with Crippen LogP contribution in [0.1, 0.15) is 0 Å². The molecule has 0 aliphatic heterocycles. The lowest BCUT2D eigenvalue weighted by molar-refractivity contribution is 0.597. The highest BCUT2D eigenvalue weighted by Crippen LogP contribution is 2.22. The maximum absolute atomic E-state index is 13.2. The fourth-order valence-corrected chi connectivity index (χ4v) is 2.54. The van der Waals surface area contributed by atoms with Crippen molar-refractivity contribution in [2.75, 3.05) is 10.5 Å². The number of anilines is 2. The van der Waals surface area contributed by atoms with Crippen molar-refractivity contribution in [1.82, 2.24) is 9.97 Å². The quantitative estimate of drug-likeness (QED) is 0.663. The van der Waals surface area contributed by atoms with E-state index in [2.05, 4.69) is 14.7 Å². The van der Waals surface area contributed by atoms with Crippen LogP contribution in [0.15, 0.2) is 35.4 Å². The Kier molecular flexibility index (Phi) is 3.54. The SMILES string of the molecule is Nc1c(F)cccc1S(=O)(=O)Nc1nccc(Cl)n1. The van der Waals surface area contributed by atoms with Gasteiger partial charge in [-0.05, 0) is 18.2 Å². The zero-order valence-corrected chi connectivity index (χ0v) is 10.9. The molecule has 2 aromatic rings. The maximum atomic E-state index is 13.2. The van der Waals surface area contributed by atoms with Crippen LogP contribution in [-0.2, 0) is 10.0 Å². The smallest absolute Gasteiger partial charge is 0.266 e. The van der Waals surface area contributed by atoms with E-state index in [0.29, 0.717) is 0 Å². The summed E-state index contributed by atoms with van der Waals surface area (Å²) >= 11 is 5.61. The third kappa shape index (κ3) is 2.91. The lowest BCUT2D eigenvalue weighted by Gasteiger charge is -2.09. The molecule has 1 aromatic heterocycles. The summed E-state index contributed by atoms with van der Waals surface area (Å²) in [6.45, 7) is 0. The average molecular weight is 303 g/mol. The second-order valence-corrected chi connectivity index (χ2v) is 5.50. The fourth-order valence-electron chi connectivity index (χ4n) is 1.31. The first-order chi connectivity index (χ1) is 8.90. The Morgan fingerprint density at radius 2 is 2.05 bits per heavy atom. The molecule has 0 spiro atoms. The summed E-state index contributed by atoms with van der Waals surface area (Å²) in [6, 6.07) is 4.85. The van der Waals surface area contributed by atoms with Gasteiger partial charge in [0.2, 0.25) is 5.95 Å². The van der Waals surface area contributed by atoms with Crippen LogP contribution < -0.4 is 10.5 Å². The van der Waals surface area contributed by atoms with Gasteiger partial charge in [0.05, 0.1) is 5.69 Å². The predicted octanol–water partition coefficient (Wildman–Crippen LogP) is 1.65. The number of hydrogen-bond acceptors (Lipinski definition) is 5. The summed E-state index contributed by atoms with van der Waals surface area (Å²) in [4.78, 5) is 6.95. The Morgan fingerprint density at radius 1 is 1.32 bits per heavy atom. The largest absolute Gasteiger partial charge is 0.395 e. The molecule has 3 N–H and O–H groups in total. The van der Waals surface area contributed by atoms with Gasteiger partial charge < -0.3 is 5.73 Å². The molecule has 1 aromatic carbocycles. The van der Waals surface area contributed by atoms with E-state index >= 15 is 0 Å². The molecule has 0 unspecified atom stereocenters. The molecule has 9 heteroatoms. The van der Waals surface area contributed by atoms with Gasteiger partial charge in [-0.1, -0.05) is 17.7 Å². The molecule has 0 fully saturated rings. The van der Waals surface area contributed by atoms with Crippen LogP contribution in [0.2, 0.25) is 5.15 Å². The van der Waals surface area contributed by atoms with Gasteiger partial charge in [-0.25, -0.2) is 27.5 Å². The van der Waals surface area contributed by atoms with Gasteiger partial charge in [0, 0.05) is 6.20 Å². The molecule has 0 saturated carbocycles. The normalized spacial score (nSPS) is 11.3. The maximum Gasteiger partial charge on any atom is 0.266 e. The Bertz CT molecular complexity index is 723. The third-order valence-corrected chi connectivity index (χ3v) is 3.75. The fraction of sp³-hybridized carbons (Fsp3) is 0. The molecule has 0 radical (unpaired) electrons. The van der Waals surface area contributed by atoms with Crippen molar-refractivity contribution in [2.24, 2.45) is 0 Å². The third-order valence-electron chi connectivity index (χ3n) is 2.15. The van der Waals surface area contributed by atoms with Crippen LogP contribution in [0.5, 0.6) is 0 Å². The van der Waals surface area contributed by atoms with Crippen LogP contribution in [-0.4, -0.2) is 18.4 Å². The number of nitrogens with two attached hydrogens (primary N) is 1. The van der Waals surface area contributed by atoms with E-state index in [0.717, 1.165) is 6.07 Å². The number of halogens is 2. The summed E-state index contributed by atoms with van der Waals surface area (Å²) in [5.74, 6) is -1.05. The highest BCUT2D eigenvalue weighted by Gasteiger charge is 2.20. The summed E-state index contributed by atoms with van der Waals surface area (Å²) < 4.78 is 39.3. The molecule has 0 aliphatic carbocycles. The molecule has 0 bridgehead atoms. The zero-order chi connectivity index (χ0) is 14.0. The Balaban J connectivity index is 2.41. The highest BCUT2D eigenvalue weighted by molar-refractivity contribution is 7.92. The van der Waals surface area contributed by atoms with Crippen LogP contribution in [0.25, 0.3) is 0 Å². The Hall–Kier alpha value is -1.93. The van der Waals surface area contributed by atoms with Crippen LogP contribution in [0, 0.1) is 5.82 Å². The predicted molar refractivity (Wildman–Crippen MR) is 68.7 cm³/mol. The number of rotatable bonds is 3. The van der Waals surface area contributed by atoms with E-state index in [9.17, 15) is 12.8 Å². The number of benzene rings is 1. The van der Waals surface area contributed by atoms with Crippen molar-refractivity contribution in [3.63, 3.8) is 0 Å². The molecule has 6 nitrogen and oxygen atoms in total. The molecule has 0 atom stereocenters. The minimum atomic E-state index is -4.08. The Labute approximate surface area is 113 Å². The lowest BCUT2D eigenvalue weighted by Crippen LogP contribution is -2.17. The van der Waals surface area contributed by atoms with E-state index in [1.807, 2.05) is 0 Å². The van der Waals surface area contributed by atoms with Crippen molar-refractivity contribution >= 4 is 33.3 Å². The molecule has 0 saturated heterocycles. The van der Waals surface area contributed by atoms with Crippen molar-refractivity contribution in [2.45, 2.75) is 4.90 Å². The number of sulfonamides is 1. The monoisotopic (exact) mass is 302 g/mol. The number of nitrogens with zero attached hydrogens (tertiary/aromatic N) is 2. The van der Waals surface area contributed by atoms with Gasteiger partial charge in [-0.2, -0.15) is 0 Å². The van der Waals surface area contributed by atoms with Crippen molar-refractivity contribution in [1.29, 1.82) is 0 Å². The van der Waals surface area contributed by atoms with E-state index in [4.69, 9.17) is 17.3 Å². The lowest BCUT2D eigenvalue weighted by atomic mass is 10.3. The second-order valence-electron chi connectivity index (χ2n) is 3.46. The highest BCUT2D eigenvalue weighted by atomic mass is 35.5. The Morgan fingerprint density at radius 3 is 2.74 bits per heavy atom. The second kappa shape index (κ2) is 4.98. The summed E-state index contributed by atoms with van der Waals surface area (Å²) in [5.41, 5.74) is 4.92. The molecule has 2 rings (SSSR count). The van der Waals surface area contributed by atoms with Gasteiger partial charge in [0.25, 0.3) is 10.0 Å². The van der Waals surface area contributed by atoms with E-state index in [1.165, 1.54) is 24.4 Å². The minimum Gasteiger partial charge on any atom is -0.395 e. The van der Waals surface area contributed by atoms with Gasteiger partial charge in [-0.15, -0.1) is 0 Å². The molecule has 1 heterocycles. The van der Waals surface area contributed by atoms with Gasteiger partial charge >= 0.3 is 0 Å². The molecular formula is C10H8ClFN4O2S. The number of nitrogens with one attached hydrogen (secondary N) is 1. The van der Waals surface area contributed by atoms with Gasteiger partial charge in [0.1, 0.15) is 15.9 Å². The number of aromatic nitrogens is 2. The van der Waals surface area contributed by atoms with Crippen molar-refractivity contribution in [3.05, 3.63) is 41.4 Å². The number of para-hydroxylation sites is 1. The molecule has 0 amide bonds. The summed E-state index contributed by atoms with van der Waals surface area (Å²) in [6.07, 6.45) is 1.28. The number of hydrogen-bond donors (Lipinski definition) is 2. The standard InChI is InChI=1S/C10H8ClFN4O2S/c11-8-4-5-14-10(15-8)16-19(17,18)7-3-1-2-6(12)9(7)13/h1-5H,13H2,(H,14,15,16). The van der Waals surface area contributed by atoms with Crippen molar-refractivity contribution < 1.29 is 12.8 Å². The minimum absolute atomic E-state index is 0.0694.